The first-order valence-corrected chi connectivity index (χ1v) is 10.2. The molecule has 4 rings (SSSR count). The molecule has 30 heavy (non-hydrogen) atoms. The molecule has 158 valence electrons. The van der Waals surface area contributed by atoms with Crippen molar-refractivity contribution in [3.63, 3.8) is 0 Å². The molecule has 3 N–H and O–H groups in total. The quantitative estimate of drug-likeness (QED) is 0.575. The van der Waals surface area contributed by atoms with Crippen LogP contribution in [0.5, 0.6) is 11.6 Å². The highest BCUT2D eigenvalue weighted by Gasteiger charge is 2.34. The van der Waals surface area contributed by atoms with Crippen molar-refractivity contribution in [1.82, 2.24) is 25.3 Å². The predicted octanol–water partition coefficient (Wildman–Crippen LogP) is 2.70. The second kappa shape index (κ2) is 8.41. The van der Waals surface area contributed by atoms with Crippen molar-refractivity contribution < 1.29 is 14.9 Å². The van der Waals surface area contributed by atoms with Gasteiger partial charge in [-0.2, -0.15) is 5.10 Å². The van der Waals surface area contributed by atoms with E-state index in [0.717, 1.165) is 18.5 Å². The molecular formula is C22H27N5O3. The van der Waals surface area contributed by atoms with Crippen LogP contribution in [-0.4, -0.2) is 54.5 Å². The lowest BCUT2D eigenvalue weighted by atomic mass is 9.86. The van der Waals surface area contributed by atoms with Gasteiger partial charge in [0.05, 0.1) is 11.4 Å². The predicted molar refractivity (Wildman–Crippen MR) is 113 cm³/mol. The van der Waals surface area contributed by atoms with Crippen LogP contribution in [0.4, 0.5) is 0 Å². The monoisotopic (exact) mass is 409 g/mol. The number of rotatable bonds is 6. The number of hydrogen-bond acceptors (Lipinski definition) is 7. The molecule has 0 aliphatic carbocycles. The summed E-state index contributed by atoms with van der Waals surface area (Å²) in [4.78, 5) is 0. The van der Waals surface area contributed by atoms with Crippen LogP contribution >= 0.6 is 0 Å². The fraction of sp³-hybridized carbons (Fsp3) is 0.409. The maximum absolute atomic E-state index is 10.4. The molecule has 2 aromatic heterocycles. The van der Waals surface area contributed by atoms with Gasteiger partial charge in [-0.25, -0.2) is 4.68 Å². The van der Waals surface area contributed by atoms with E-state index in [9.17, 15) is 10.2 Å². The smallest absolute Gasteiger partial charge is 0.233 e. The lowest BCUT2D eigenvalue weighted by molar-refractivity contribution is 0.0731. The van der Waals surface area contributed by atoms with Crippen molar-refractivity contribution in [3.05, 3.63) is 48.8 Å². The number of piperidine rings is 1. The molecular weight excluding hydrogens is 382 g/mol. The van der Waals surface area contributed by atoms with E-state index < -0.39 is 0 Å². The highest BCUT2D eigenvalue weighted by atomic mass is 16.5. The number of benzene rings is 1. The topological polar surface area (TPSA) is 105 Å². The molecule has 0 amide bonds. The number of aliphatic hydroxyl groups is 1. The van der Waals surface area contributed by atoms with E-state index in [0.29, 0.717) is 23.6 Å². The summed E-state index contributed by atoms with van der Waals surface area (Å²) in [6.45, 7) is 4.42. The summed E-state index contributed by atoms with van der Waals surface area (Å²) < 4.78 is 7.76. The van der Waals surface area contributed by atoms with Gasteiger partial charge in [0.25, 0.3) is 0 Å². The van der Waals surface area contributed by atoms with E-state index in [1.807, 2.05) is 18.3 Å². The molecule has 1 aliphatic rings. The zero-order valence-electron chi connectivity index (χ0n) is 17.2. The second-order valence-electron chi connectivity index (χ2n) is 8.33. The second-order valence-corrected chi connectivity index (χ2v) is 8.33. The Morgan fingerprint density at radius 2 is 2.10 bits per heavy atom. The third-order valence-electron chi connectivity index (χ3n) is 5.31. The molecule has 1 aromatic carbocycles. The zero-order chi connectivity index (χ0) is 21.1. The Bertz CT molecular complexity index is 973. The first-order chi connectivity index (χ1) is 14.4. The van der Waals surface area contributed by atoms with Crippen LogP contribution in [0.15, 0.2) is 48.8 Å². The average Bonchev–Trinajstić information content (AvgIpc) is 3.22. The maximum Gasteiger partial charge on any atom is 0.233 e. The van der Waals surface area contributed by atoms with E-state index in [1.54, 1.807) is 35.1 Å². The normalized spacial score (nSPS) is 20.8. The minimum Gasteiger partial charge on any atom is -0.507 e. The summed E-state index contributed by atoms with van der Waals surface area (Å²) in [5, 5.41) is 35.9. The first kappa shape index (κ1) is 20.3. The number of aromatic nitrogens is 4. The summed E-state index contributed by atoms with van der Waals surface area (Å²) in [5.74, 6) is 0.565. The van der Waals surface area contributed by atoms with Gasteiger partial charge >= 0.3 is 0 Å². The number of phenols is 1. The summed E-state index contributed by atoms with van der Waals surface area (Å²) in [7, 11) is 0. The number of hydrogen-bond donors (Lipinski definition) is 3. The molecule has 0 radical (unpaired) electrons. The number of nitrogens with one attached hydrogen (secondary N) is 1. The van der Waals surface area contributed by atoms with Crippen LogP contribution < -0.4 is 10.1 Å². The van der Waals surface area contributed by atoms with Gasteiger partial charge in [0, 0.05) is 54.7 Å². The van der Waals surface area contributed by atoms with Crippen molar-refractivity contribution in [2.75, 3.05) is 6.61 Å². The Balaban J connectivity index is 1.47. The van der Waals surface area contributed by atoms with Gasteiger partial charge in [-0.3, -0.25) is 0 Å². The molecule has 0 saturated carbocycles. The van der Waals surface area contributed by atoms with Gasteiger partial charge in [0.15, 0.2) is 0 Å². The van der Waals surface area contributed by atoms with E-state index in [1.165, 1.54) is 0 Å². The molecule has 1 fully saturated rings. The van der Waals surface area contributed by atoms with Crippen LogP contribution in [0.1, 0.15) is 33.1 Å². The summed E-state index contributed by atoms with van der Waals surface area (Å²) in [6.07, 6.45) is 5.84. The summed E-state index contributed by atoms with van der Waals surface area (Å²) >= 11 is 0. The van der Waals surface area contributed by atoms with Gasteiger partial charge in [-0.1, -0.05) is 0 Å². The standard InChI is InChI=1S/C22H27N5O3/c1-22(2)14-17(12-15(24-22)8-11-28)30-21-7-6-19(25-26-21)18-5-4-16(13-20(18)29)27-10-3-9-23-27/h3-7,9-10,13,15,17,24,28-29H,8,11-12,14H2,1-2H3/t15-,17-/m0/s1. The van der Waals surface area contributed by atoms with Crippen molar-refractivity contribution in [3.8, 4) is 28.6 Å². The fourth-order valence-corrected chi connectivity index (χ4v) is 4.07. The van der Waals surface area contributed by atoms with Gasteiger partial charge in [0.2, 0.25) is 5.88 Å². The maximum atomic E-state index is 10.4. The lowest BCUT2D eigenvalue weighted by Gasteiger charge is -2.41. The minimum absolute atomic E-state index is 0.000271. The van der Waals surface area contributed by atoms with Crippen molar-refractivity contribution in [2.45, 2.75) is 50.8 Å². The van der Waals surface area contributed by atoms with E-state index in [-0.39, 0.29) is 30.0 Å². The molecule has 0 unspecified atom stereocenters. The Hall–Kier alpha value is -2.97. The number of aromatic hydroxyl groups is 1. The molecule has 8 nitrogen and oxygen atoms in total. The highest BCUT2D eigenvalue weighted by molar-refractivity contribution is 5.68. The van der Waals surface area contributed by atoms with Crippen LogP contribution in [-0.2, 0) is 0 Å². The third kappa shape index (κ3) is 4.60. The Labute approximate surface area is 175 Å². The molecule has 3 heterocycles. The van der Waals surface area contributed by atoms with Gasteiger partial charge in [-0.15, -0.1) is 10.2 Å². The SMILES string of the molecule is CC1(C)C[C@@H](Oc2ccc(-c3ccc(-n4cccn4)cc3O)nn2)C[C@H](CCO)N1. The fourth-order valence-electron chi connectivity index (χ4n) is 4.07. The molecule has 3 aromatic rings. The molecule has 0 bridgehead atoms. The lowest BCUT2D eigenvalue weighted by Crippen LogP contribution is -2.55. The number of phenolic OH excluding ortho intramolecular Hbond substituents is 1. The van der Waals surface area contributed by atoms with E-state index in [4.69, 9.17) is 4.74 Å². The van der Waals surface area contributed by atoms with Crippen molar-refractivity contribution >= 4 is 0 Å². The molecule has 1 aliphatic heterocycles. The van der Waals surface area contributed by atoms with Crippen LogP contribution in [0.25, 0.3) is 16.9 Å². The zero-order valence-corrected chi connectivity index (χ0v) is 17.2. The van der Waals surface area contributed by atoms with Gasteiger partial charge in [-0.05, 0) is 51.0 Å². The van der Waals surface area contributed by atoms with Crippen molar-refractivity contribution in [1.29, 1.82) is 0 Å². The Morgan fingerprint density at radius 1 is 1.23 bits per heavy atom. The van der Waals surface area contributed by atoms with E-state index in [2.05, 4.69) is 34.5 Å². The molecule has 2 atom stereocenters. The summed E-state index contributed by atoms with van der Waals surface area (Å²) in [5.41, 5.74) is 1.85. The van der Waals surface area contributed by atoms with Crippen LogP contribution in [0.3, 0.4) is 0 Å². The number of aliphatic hydroxyl groups excluding tert-OH is 1. The summed E-state index contributed by atoms with van der Waals surface area (Å²) in [6, 6.07) is 10.9. The van der Waals surface area contributed by atoms with Crippen LogP contribution in [0.2, 0.25) is 0 Å². The average molecular weight is 409 g/mol. The van der Waals surface area contributed by atoms with Gasteiger partial charge < -0.3 is 20.3 Å². The Kier molecular flexibility index (Phi) is 5.69. The van der Waals surface area contributed by atoms with Crippen molar-refractivity contribution in [2.24, 2.45) is 0 Å². The molecule has 8 heteroatoms. The highest BCUT2D eigenvalue weighted by Crippen LogP contribution is 2.31. The first-order valence-electron chi connectivity index (χ1n) is 10.2. The largest absolute Gasteiger partial charge is 0.507 e. The van der Waals surface area contributed by atoms with E-state index >= 15 is 0 Å². The van der Waals surface area contributed by atoms with Crippen LogP contribution in [0, 0.1) is 0 Å². The van der Waals surface area contributed by atoms with Gasteiger partial charge in [0.1, 0.15) is 11.9 Å². The number of nitrogens with zero attached hydrogens (tertiary/aromatic N) is 4. The minimum atomic E-state index is -0.0712. The number of ether oxygens (including phenoxy) is 1. The third-order valence-corrected chi connectivity index (χ3v) is 5.31. The molecule has 0 spiro atoms. The molecule has 1 saturated heterocycles. The Morgan fingerprint density at radius 3 is 2.77 bits per heavy atom.